The zero-order chi connectivity index (χ0) is 21.1. The van der Waals surface area contributed by atoms with Gasteiger partial charge in [0.05, 0.1) is 15.8 Å². The van der Waals surface area contributed by atoms with Crippen molar-refractivity contribution in [2.24, 2.45) is 0 Å². The predicted molar refractivity (Wildman–Crippen MR) is 122 cm³/mol. The Morgan fingerprint density at radius 3 is 2.40 bits per heavy atom. The number of carboxylic acid groups (broad SMARTS) is 1. The van der Waals surface area contributed by atoms with Gasteiger partial charge in [-0.2, -0.15) is 0 Å². The summed E-state index contributed by atoms with van der Waals surface area (Å²) in [5, 5.41) is 11.9. The molecule has 0 spiro atoms. The Labute approximate surface area is 181 Å². The van der Waals surface area contributed by atoms with Gasteiger partial charge in [-0.1, -0.05) is 41.6 Å². The molecule has 1 heterocycles. The van der Waals surface area contributed by atoms with E-state index in [1.807, 2.05) is 61.5 Å². The van der Waals surface area contributed by atoms with E-state index in [1.54, 1.807) is 35.2 Å². The molecular weight excluding hydrogens is 416 g/mol. The third-order valence-electron chi connectivity index (χ3n) is 4.50. The van der Waals surface area contributed by atoms with E-state index in [4.69, 9.17) is 5.11 Å². The SMILES string of the molecule is Cc1ccc(C(=O)Nc2ccc3nc(SCc4ccc(C(=O)O)cc4)sc3c2)cc1. The summed E-state index contributed by atoms with van der Waals surface area (Å²) in [7, 11) is 0. The molecular formula is C23H18N2O3S2. The number of hydrogen-bond donors (Lipinski definition) is 2. The number of thioether (sulfide) groups is 1. The molecule has 0 aliphatic heterocycles. The monoisotopic (exact) mass is 434 g/mol. The minimum Gasteiger partial charge on any atom is -0.478 e. The van der Waals surface area contributed by atoms with Gasteiger partial charge in [0.1, 0.15) is 0 Å². The van der Waals surface area contributed by atoms with E-state index in [-0.39, 0.29) is 11.5 Å². The lowest BCUT2D eigenvalue weighted by Gasteiger charge is -2.05. The largest absolute Gasteiger partial charge is 0.478 e. The van der Waals surface area contributed by atoms with Crippen LogP contribution < -0.4 is 5.32 Å². The first-order valence-electron chi connectivity index (χ1n) is 9.21. The van der Waals surface area contributed by atoms with Gasteiger partial charge in [-0.05, 0) is 55.0 Å². The Kier molecular flexibility index (Phi) is 5.83. The first-order valence-corrected chi connectivity index (χ1v) is 11.0. The molecule has 1 aromatic heterocycles. The first-order chi connectivity index (χ1) is 14.5. The van der Waals surface area contributed by atoms with Gasteiger partial charge in [-0.15, -0.1) is 11.3 Å². The summed E-state index contributed by atoms with van der Waals surface area (Å²) >= 11 is 3.17. The van der Waals surface area contributed by atoms with Crippen LogP contribution in [0.4, 0.5) is 5.69 Å². The Bertz CT molecular complexity index is 1220. The van der Waals surface area contributed by atoms with E-state index < -0.39 is 5.97 Å². The maximum atomic E-state index is 12.4. The molecule has 0 bridgehead atoms. The second-order valence-electron chi connectivity index (χ2n) is 6.77. The Balaban J connectivity index is 1.43. The second-order valence-corrected chi connectivity index (χ2v) is 9.03. The van der Waals surface area contributed by atoms with Crippen LogP contribution in [0.5, 0.6) is 0 Å². The van der Waals surface area contributed by atoms with E-state index in [9.17, 15) is 9.59 Å². The molecule has 30 heavy (non-hydrogen) atoms. The fourth-order valence-corrected chi connectivity index (χ4v) is 4.90. The van der Waals surface area contributed by atoms with Crippen LogP contribution in [0, 0.1) is 6.92 Å². The molecule has 0 fully saturated rings. The number of anilines is 1. The number of benzene rings is 3. The van der Waals surface area contributed by atoms with Gasteiger partial charge in [0.15, 0.2) is 4.34 Å². The van der Waals surface area contributed by atoms with Crippen molar-refractivity contribution in [3.8, 4) is 0 Å². The zero-order valence-corrected chi connectivity index (χ0v) is 17.7. The second kappa shape index (κ2) is 8.69. The van der Waals surface area contributed by atoms with E-state index in [2.05, 4.69) is 10.3 Å². The number of carbonyl (C=O) groups excluding carboxylic acids is 1. The molecule has 150 valence electrons. The number of aryl methyl sites for hydroxylation is 1. The highest BCUT2D eigenvalue weighted by molar-refractivity contribution is 8.00. The van der Waals surface area contributed by atoms with Gasteiger partial charge in [-0.3, -0.25) is 4.79 Å². The van der Waals surface area contributed by atoms with Crippen LogP contribution in [-0.4, -0.2) is 22.0 Å². The molecule has 0 unspecified atom stereocenters. The lowest BCUT2D eigenvalue weighted by molar-refractivity contribution is 0.0696. The number of aromatic nitrogens is 1. The van der Waals surface area contributed by atoms with Gasteiger partial charge >= 0.3 is 5.97 Å². The number of carbonyl (C=O) groups is 2. The fourth-order valence-electron chi connectivity index (χ4n) is 2.84. The van der Waals surface area contributed by atoms with Crippen LogP contribution >= 0.6 is 23.1 Å². The molecule has 0 saturated heterocycles. The number of hydrogen-bond acceptors (Lipinski definition) is 5. The van der Waals surface area contributed by atoms with E-state index >= 15 is 0 Å². The average molecular weight is 435 g/mol. The lowest BCUT2D eigenvalue weighted by atomic mass is 10.1. The van der Waals surface area contributed by atoms with Crippen LogP contribution in [0.25, 0.3) is 10.2 Å². The maximum Gasteiger partial charge on any atom is 0.335 e. The Morgan fingerprint density at radius 2 is 1.70 bits per heavy atom. The summed E-state index contributed by atoms with van der Waals surface area (Å²) in [5.41, 5.74) is 4.67. The number of nitrogens with one attached hydrogen (secondary N) is 1. The summed E-state index contributed by atoms with van der Waals surface area (Å²) in [4.78, 5) is 28.0. The number of rotatable bonds is 6. The van der Waals surface area contributed by atoms with Crippen LogP contribution in [-0.2, 0) is 5.75 Å². The van der Waals surface area contributed by atoms with Crippen molar-refractivity contribution in [1.82, 2.24) is 4.98 Å². The fraction of sp³-hybridized carbons (Fsp3) is 0.0870. The van der Waals surface area contributed by atoms with Crippen molar-refractivity contribution in [2.75, 3.05) is 5.32 Å². The normalized spacial score (nSPS) is 10.8. The molecule has 0 atom stereocenters. The van der Waals surface area contributed by atoms with Crippen LogP contribution in [0.1, 0.15) is 31.8 Å². The van der Waals surface area contributed by atoms with Crippen molar-refractivity contribution in [3.05, 3.63) is 89.0 Å². The summed E-state index contributed by atoms with van der Waals surface area (Å²) < 4.78 is 1.93. The topological polar surface area (TPSA) is 79.3 Å². The van der Waals surface area contributed by atoms with Gasteiger partial charge < -0.3 is 10.4 Å². The molecule has 4 aromatic rings. The predicted octanol–water partition coefficient (Wildman–Crippen LogP) is 5.85. The number of thiazole rings is 1. The van der Waals surface area contributed by atoms with Crippen molar-refractivity contribution in [2.45, 2.75) is 17.0 Å². The molecule has 4 rings (SSSR count). The molecule has 0 saturated carbocycles. The van der Waals surface area contributed by atoms with Crippen LogP contribution in [0.2, 0.25) is 0 Å². The molecule has 5 nitrogen and oxygen atoms in total. The third-order valence-corrected chi connectivity index (χ3v) is 6.74. The first kappa shape index (κ1) is 20.1. The van der Waals surface area contributed by atoms with E-state index in [1.165, 1.54) is 0 Å². The molecule has 3 aromatic carbocycles. The summed E-state index contributed by atoms with van der Waals surface area (Å²) in [6.07, 6.45) is 0. The summed E-state index contributed by atoms with van der Waals surface area (Å²) in [6.45, 7) is 1.99. The number of fused-ring (bicyclic) bond motifs is 1. The standard InChI is InChI=1S/C23H18N2O3S2/c1-14-2-6-16(7-3-14)21(26)24-18-10-11-19-20(12-18)30-23(25-19)29-13-15-4-8-17(9-5-15)22(27)28/h2-12H,13H2,1H3,(H,24,26)(H,27,28). The van der Waals surface area contributed by atoms with Crippen molar-refractivity contribution in [1.29, 1.82) is 0 Å². The summed E-state index contributed by atoms with van der Waals surface area (Å²) in [5.74, 6) is -0.361. The molecule has 0 aliphatic rings. The smallest absolute Gasteiger partial charge is 0.335 e. The maximum absolute atomic E-state index is 12.4. The third kappa shape index (κ3) is 4.69. The highest BCUT2D eigenvalue weighted by Crippen LogP contribution is 2.33. The quantitative estimate of drug-likeness (QED) is 0.372. The Hall–Kier alpha value is -3.16. The molecule has 0 aliphatic carbocycles. The minimum absolute atomic E-state index is 0.140. The molecule has 7 heteroatoms. The van der Waals surface area contributed by atoms with Crippen LogP contribution in [0.3, 0.4) is 0 Å². The van der Waals surface area contributed by atoms with E-state index in [0.717, 1.165) is 31.4 Å². The van der Waals surface area contributed by atoms with Crippen molar-refractivity contribution in [3.63, 3.8) is 0 Å². The van der Waals surface area contributed by atoms with Gasteiger partial charge in [0, 0.05) is 17.0 Å². The highest BCUT2D eigenvalue weighted by Gasteiger charge is 2.10. The van der Waals surface area contributed by atoms with Gasteiger partial charge in [0.25, 0.3) is 5.91 Å². The average Bonchev–Trinajstić information content (AvgIpc) is 3.15. The number of aromatic carboxylic acids is 1. The lowest BCUT2D eigenvalue weighted by Crippen LogP contribution is -2.11. The van der Waals surface area contributed by atoms with Crippen LogP contribution in [0.15, 0.2) is 71.1 Å². The van der Waals surface area contributed by atoms with Crippen molar-refractivity contribution >= 4 is 50.9 Å². The Morgan fingerprint density at radius 1 is 1.00 bits per heavy atom. The van der Waals surface area contributed by atoms with Gasteiger partial charge in [0.2, 0.25) is 0 Å². The number of nitrogens with zero attached hydrogens (tertiary/aromatic N) is 1. The summed E-state index contributed by atoms with van der Waals surface area (Å²) in [6, 6.07) is 20.0. The molecule has 0 radical (unpaired) electrons. The minimum atomic E-state index is -0.925. The van der Waals surface area contributed by atoms with Crippen molar-refractivity contribution < 1.29 is 14.7 Å². The zero-order valence-electron chi connectivity index (χ0n) is 16.1. The van der Waals surface area contributed by atoms with Gasteiger partial charge in [-0.25, -0.2) is 9.78 Å². The highest BCUT2D eigenvalue weighted by atomic mass is 32.2. The number of carboxylic acids is 1. The van der Waals surface area contributed by atoms with E-state index in [0.29, 0.717) is 11.3 Å². The molecule has 1 amide bonds. The molecule has 2 N–H and O–H groups in total. The number of amides is 1.